The summed E-state index contributed by atoms with van der Waals surface area (Å²) in [6, 6.07) is 47.2. The van der Waals surface area contributed by atoms with E-state index in [1.165, 1.54) is 82.5 Å². The van der Waals surface area contributed by atoms with E-state index in [1.807, 2.05) is 0 Å². The third-order valence-corrected chi connectivity index (χ3v) is 9.12. The SMILES string of the molecule is c1ccc(-c2ccc3c4ccccc4n4c3c2B2c3ccccc3-n3c5ccccc5c5ccc-4c2c53)cc1. The highest BCUT2D eigenvalue weighted by atomic mass is 15.0. The molecule has 2 aromatic heterocycles. The van der Waals surface area contributed by atoms with Crippen LogP contribution in [0.1, 0.15) is 0 Å². The molecule has 2 aliphatic rings. The molecule has 0 N–H and O–H groups in total. The van der Waals surface area contributed by atoms with E-state index in [0.29, 0.717) is 0 Å². The molecule has 0 unspecified atom stereocenters. The molecule has 10 rings (SSSR count). The van der Waals surface area contributed by atoms with E-state index in [1.54, 1.807) is 0 Å². The lowest BCUT2D eigenvalue weighted by Crippen LogP contribution is -2.59. The number of hydrogen-bond donors (Lipinski definition) is 0. The quantitative estimate of drug-likeness (QED) is 0.226. The van der Waals surface area contributed by atoms with Gasteiger partial charge in [-0.2, -0.15) is 0 Å². The van der Waals surface area contributed by atoms with Crippen molar-refractivity contribution in [2.75, 3.05) is 0 Å². The second-order valence-corrected chi connectivity index (χ2v) is 10.9. The molecule has 0 aliphatic carbocycles. The highest BCUT2D eigenvalue weighted by molar-refractivity contribution is 7.01. The first kappa shape index (κ1) is 20.0. The lowest BCUT2D eigenvalue weighted by molar-refractivity contribution is 1.16. The number of aromatic nitrogens is 2. The molecule has 0 saturated carbocycles. The summed E-state index contributed by atoms with van der Waals surface area (Å²) in [6.45, 7) is 0.146. The van der Waals surface area contributed by atoms with Crippen molar-refractivity contribution in [2.24, 2.45) is 0 Å². The van der Waals surface area contributed by atoms with Gasteiger partial charge in [-0.25, -0.2) is 0 Å². The van der Waals surface area contributed by atoms with Crippen molar-refractivity contribution in [2.45, 2.75) is 0 Å². The summed E-state index contributed by atoms with van der Waals surface area (Å²) in [5.41, 5.74) is 14.6. The fourth-order valence-corrected chi connectivity index (χ4v) is 7.69. The van der Waals surface area contributed by atoms with Gasteiger partial charge in [0.2, 0.25) is 0 Å². The van der Waals surface area contributed by atoms with Gasteiger partial charge < -0.3 is 9.13 Å². The van der Waals surface area contributed by atoms with Crippen LogP contribution in [0.15, 0.2) is 127 Å². The van der Waals surface area contributed by atoms with Crippen molar-refractivity contribution in [3.05, 3.63) is 127 Å². The Morgan fingerprint density at radius 2 is 1.00 bits per heavy atom. The summed E-state index contributed by atoms with van der Waals surface area (Å²) in [5, 5.41) is 5.29. The lowest BCUT2D eigenvalue weighted by Gasteiger charge is -2.34. The van der Waals surface area contributed by atoms with Crippen molar-refractivity contribution in [1.29, 1.82) is 0 Å². The molecule has 0 spiro atoms. The van der Waals surface area contributed by atoms with Crippen LogP contribution in [0, 0.1) is 0 Å². The highest BCUT2D eigenvalue weighted by Gasteiger charge is 2.41. The van der Waals surface area contributed by atoms with Gasteiger partial charge in [-0.1, -0.05) is 103 Å². The number of benzene rings is 6. The van der Waals surface area contributed by atoms with E-state index in [0.717, 1.165) is 0 Å². The Kier molecular flexibility index (Phi) is 3.54. The maximum absolute atomic E-state index is 2.55. The second kappa shape index (κ2) is 6.89. The summed E-state index contributed by atoms with van der Waals surface area (Å²) in [5.74, 6) is 0. The van der Waals surface area contributed by atoms with Crippen molar-refractivity contribution in [3.8, 4) is 22.5 Å². The second-order valence-electron chi connectivity index (χ2n) is 10.9. The topological polar surface area (TPSA) is 9.86 Å². The zero-order valence-corrected chi connectivity index (χ0v) is 21.1. The first-order valence-corrected chi connectivity index (χ1v) is 13.7. The molecule has 3 heteroatoms. The number of hydrogen-bond acceptors (Lipinski definition) is 0. The van der Waals surface area contributed by atoms with Gasteiger partial charge >= 0.3 is 0 Å². The van der Waals surface area contributed by atoms with Crippen molar-refractivity contribution < 1.29 is 0 Å². The number of nitrogens with zero attached hydrogens (tertiary/aromatic N) is 2. The fraction of sp³-hybridized carbons (Fsp3) is 0. The van der Waals surface area contributed by atoms with Crippen LogP contribution < -0.4 is 16.4 Å². The molecule has 0 atom stereocenters. The Morgan fingerprint density at radius 3 is 1.77 bits per heavy atom. The van der Waals surface area contributed by atoms with Crippen LogP contribution in [0.2, 0.25) is 0 Å². The zero-order valence-electron chi connectivity index (χ0n) is 21.1. The molecular formula is C36H21BN2. The van der Waals surface area contributed by atoms with E-state index < -0.39 is 0 Å². The van der Waals surface area contributed by atoms with Crippen LogP contribution in [-0.4, -0.2) is 15.8 Å². The summed E-state index contributed by atoms with van der Waals surface area (Å²) in [4.78, 5) is 0. The van der Waals surface area contributed by atoms with Crippen LogP contribution in [0.4, 0.5) is 0 Å². The third kappa shape index (κ3) is 2.27. The van der Waals surface area contributed by atoms with Crippen molar-refractivity contribution in [3.63, 3.8) is 0 Å². The summed E-state index contributed by atoms with van der Waals surface area (Å²) in [7, 11) is 0. The molecule has 0 fully saturated rings. The Balaban J connectivity index is 1.52. The Morgan fingerprint density at radius 1 is 0.410 bits per heavy atom. The first-order valence-electron chi connectivity index (χ1n) is 13.7. The minimum absolute atomic E-state index is 0.146. The van der Waals surface area contributed by atoms with Crippen LogP contribution in [0.25, 0.3) is 66.1 Å². The average Bonchev–Trinajstić information content (AvgIpc) is 3.53. The van der Waals surface area contributed by atoms with Gasteiger partial charge in [0, 0.05) is 38.4 Å². The number of fused-ring (bicyclic) bond motifs is 11. The molecule has 0 saturated heterocycles. The maximum atomic E-state index is 2.55. The summed E-state index contributed by atoms with van der Waals surface area (Å²) < 4.78 is 5.07. The van der Waals surface area contributed by atoms with E-state index in [-0.39, 0.29) is 6.71 Å². The minimum atomic E-state index is 0.146. The van der Waals surface area contributed by atoms with Crippen LogP contribution in [-0.2, 0) is 0 Å². The third-order valence-electron chi connectivity index (χ3n) is 9.12. The van der Waals surface area contributed by atoms with Crippen molar-refractivity contribution in [1.82, 2.24) is 9.13 Å². The van der Waals surface area contributed by atoms with E-state index in [9.17, 15) is 0 Å². The first-order chi connectivity index (χ1) is 19.4. The molecular weight excluding hydrogens is 471 g/mol. The molecule has 4 heterocycles. The fourth-order valence-electron chi connectivity index (χ4n) is 7.69. The largest absolute Gasteiger partial charge is 0.310 e. The number of rotatable bonds is 1. The van der Waals surface area contributed by atoms with E-state index in [2.05, 4.69) is 137 Å². The van der Waals surface area contributed by atoms with Crippen LogP contribution >= 0.6 is 0 Å². The summed E-state index contributed by atoms with van der Waals surface area (Å²) >= 11 is 0. The smallest absolute Gasteiger partial charge is 0.253 e. The molecule has 8 aromatic rings. The van der Waals surface area contributed by atoms with Crippen molar-refractivity contribution >= 4 is 66.7 Å². The summed E-state index contributed by atoms with van der Waals surface area (Å²) in [6.07, 6.45) is 0. The molecule has 178 valence electrons. The highest BCUT2D eigenvalue weighted by Crippen LogP contribution is 2.40. The van der Waals surface area contributed by atoms with E-state index >= 15 is 0 Å². The Bertz CT molecular complexity index is 2340. The average molecular weight is 492 g/mol. The maximum Gasteiger partial charge on any atom is 0.253 e. The van der Waals surface area contributed by atoms with Gasteiger partial charge in [-0.15, -0.1) is 0 Å². The molecule has 0 amide bonds. The van der Waals surface area contributed by atoms with Gasteiger partial charge in [0.25, 0.3) is 6.71 Å². The predicted octanol–water partition coefficient (Wildman–Crippen LogP) is 6.69. The van der Waals surface area contributed by atoms with Gasteiger partial charge in [0.1, 0.15) is 0 Å². The van der Waals surface area contributed by atoms with Gasteiger partial charge in [-0.3, -0.25) is 0 Å². The molecule has 2 aliphatic heterocycles. The monoisotopic (exact) mass is 492 g/mol. The molecule has 39 heavy (non-hydrogen) atoms. The standard InChI is InChI=1S/C36H21BN2/c1-2-10-22(11-3-1)23-18-19-26-24-12-5-8-16-30(24)39-32-21-20-27-25-13-4-7-15-29(25)38-31-17-9-6-14-28(31)37(33(23)35(26)39)34(32)36(27)38/h1-21H. The molecule has 0 radical (unpaired) electrons. The van der Waals surface area contributed by atoms with Gasteiger partial charge in [-0.05, 0) is 51.8 Å². The lowest BCUT2D eigenvalue weighted by atomic mass is 9.33. The van der Waals surface area contributed by atoms with Crippen LogP contribution in [0.5, 0.6) is 0 Å². The molecule has 0 bridgehead atoms. The Labute approximate surface area is 225 Å². The number of para-hydroxylation sites is 3. The van der Waals surface area contributed by atoms with Gasteiger partial charge in [0.15, 0.2) is 0 Å². The molecule has 2 nitrogen and oxygen atoms in total. The molecule has 6 aromatic carbocycles. The zero-order chi connectivity index (χ0) is 25.2. The van der Waals surface area contributed by atoms with Crippen LogP contribution in [0.3, 0.4) is 0 Å². The van der Waals surface area contributed by atoms with E-state index in [4.69, 9.17) is 0 Å². The normalized spacial score (nSPS) is 13.1. The minimum Gasteiger partial charge on any atom is -0.310 e. The Hall–Kier alpha value is -5.02. The van der Waals surface area contributed by atoms with Gasteiger partial charge in [0.05, 0.1) is 16.6 Å². The predicted molar refractivity (Wildman–Crippen MR) is 165 cm³/mol.